The first-order valence-electron chi connectivity index (χ1n) is 5.79. The molecule has 1 fully saturated rings. The second kappa shape index (κ2) is 4.94. The molecule has 1 aliphatic carbocycles. The fraction of sp³-hybridized carbons (Fsp3) is 0.833. The predicted octanol–water partition coefficient (Wildman–Crippen LogP) is 2.15. The van der Waals surface area contributed by atoms with E-state index in [2.05, 4.69) is 25.3 Å². The number of nitrogens with zero attached hydrogens (tertiary/aromatic N) is 1. The number of rotatable bonds is 7. The van der Waals surface area contributed by atoms with Gasteiger partial charge in [0, 0.05) is 24.7 Å². The first-order chi connectivity index (χ1) is 6.65. The number of hydrogen-bond acceptors (Lipinski definition) is 2. The number of hydrogen-bond donors (Lipinski definition) is 1. The molecular formula is C12H24N2. The Balaban J connectivity index is 2.47. The predicted molar refractivity (Wildman–Crippen MR) is 62.3 cm³/mol. The Bertz CT molecular complexity index is 181. The van der Waals surface area contributed by atoms with E-state index in [1.807, 2.05) is 6.08 Å². The molecule has 0 aromatic heterocycles. The van der Waals surface area contributed by atoms with Crippen molar-refractivity contribution in [3.8, 4) is 0 Å². The SMILES string of the molecule is C=CCN(CC(N)(CC)CC)C1CC1. The lowest BCUT2D eigenvalue weighted by molar-refractivity contribution is 0.208. The van der Waals surface area contributed by atoms with E-state index in [4.69, 9.17) is 5.73 Å². The van der Waals surface area contributed by atoms with Crippen molar-refractivity contribution in [1.82, 2.24) is 4.90 Å². The quantitative estimate of drug-likeness (QED) is 0.632. The molecule has 0 saturated heterocycles. The van der Waals surface area contributed by atoms with Gasteiger partial charge in [-0.15, -0.1) is 6.58 Å². The molecule has 1 aliphatic rings. The molecule has 0 aromatic rings. The van der Waals surface area contributed by atoms with Gasteiger partial charge in [0.05, 0.1) is 0 Å². The van der Waals surface area contributed by atoms with Gasteiger partial charge in [0.15, 0.2) is 0 Å². The Morgan fingerprint density at radius 1 is 1.43 bits per heavy atom. The van der Waals surface area contributed by atoms with Crippen LogP contribution in [0.25, 0.3) is 0 Å². The molecule has 1 rings (SSSR count). The van der Waals surface area contributed by atoms with Crippen LogP contribution in [0, 0.1) is 0 Å². The van der Waals surface area contributed by atoms with Crippen LogP contribution >= 0.6 is 0 Å². The van der Waals surface area contributed by atoms with Crippen LogP contribution in [0.1, 0.15) is 39.5 Å². The van der Waals surface area contributed by atoms with E-state index in [0.717, 1.165) is 32.0 Å². The van der Waals surface area contributed by atoms with Crippen LogP contribution in [-0.4, -0.2) is 29.6 Å². The number of nitrogens with two attached hydrogens (primary N) is 1. The summed E-state index contributed by atoms with van der Waals surface area (Å²) in [4.78, 5) is 2.49. The van der Waals surface area contributed by atoms with Crippen LogP contribution in [0.5, 0.6) is 0 Å². The summed E-state index contributed by atoms with van der Waals surface area (Å²) in [5.41, 5.74) is 6.32. The average Bonchev–Trinajstić information content (AvgIpc) is 3.00. The highest BCUT2D eigenvalue weighted by molar-refractivity contribution is 4.94. The minimum atomic E-state index is 0.00556. The summed E-state index contributed by atoms with van der Waals surface area (Å²) in [5, 5.41) is 0. The monoisotopic (exact) mass is 196 g/mol. The molecule has 14 heavy (non-hydrogen) atoms. The lowest BCUT2D eigenvalue weighted by Gasteiger charge is -2.33. The topological polar surface area (TPSA) is 29.3 Å². The van der Waals surface area contributed by atoms with Crippen molar-refractivity contribution in [2.75, 3.05) is 13.1 Å². The van der Waals surface area contributed by atoms with Crippen molar-refractivity contribution in [2.45, 2.75) is 51.1 Å². The third-order valence-corrected chi connectivity index (χ3v) is 3.35. The third kappa shape index (κ3) is 3.10. The van der Waals surface area contributed by atoms with Crippen LogP contribution in [0.15, 0.2) is 12.7 Å². The summed E-state index contributed by atoms with van der Waals surface area (Å²) < 4.78 is 0. The fourth-order valence-corrected chi connectivity index (χ4v) is 1.83. The molecule has 0 bridgehead atoms. The normalized spacial score (nSPS) is 17.4. The van der Waals surface area contributed by atoms with Crippen molar-refractivity contribution in [1.29, 1.82) is 0 Å². The van der Waals surface area contributed by atoms with E-state index < -0.39 is 0 Å². The van der Waals surface area contributed by atoms with E-state index in [-0.39, 0.29) is 5.54 Å². The van der Waals surface area contributed by atoms with Crippen LogP contribution in [0.2, 0.25) is 0 Å². The maximum Gasteiger partial charge on any atom is 0.0278 e. The Morgan fingerprint density at radius 2 is 2.00 bits per heavy atom. The Kier molecular flexibility index (Phi) is 4.14. The molecule has 0 radical (unpaired) electrons. The molecule has 0 spiro atoms. The van der Waals surface area contributed by atoms with Gasteiger partial charge < -0.3 is 5.73 Å². The molecule has 0 unspecified atom stereocenters. The smallest absolute Gasteiger partial charge is 0.0278 e. The highest BCUT2D eigenvalue weighted by Crippen LogP contribution is 2.28. The summed E-state index contributed by atoms with van der Waals surface area (Å²) in [6.07, 6.45) is 6.80. The van der Waals surface area contributed by atoms with Crippen molar-refractivity contribution < 1.29 is 0 Å². The van der Waals surface area contributed by atoms with Crippen molar-refractivity contribution in [3.05, 3.63) is 12.7 Å². The molecule has 2 N–H and O–H groups in total. The van der Waals surface area contributed by atoms with Gasteiger partial charge in [-0.2, -0.15) is 0 Å². The first kappa shape index (κ1) is 11.7. The Hall–Kier alpha value is -0.340. The van der Waals surface area contributed by atoms with Crippen LogP contribution < -0.4 is 5.73 Å². The maximum atomic E-state index is 6.32. The zero-order valence-electron chi connectivity index (χ0n) is 9.63. The molecule has 0 aromatic carbocycles. The lowest BCUT2D eigenvalue weighted by atomic mass is 9.93. The van der Waals surface area contributed by atoms with Crippen LogP contribution in [-0.2, 0) is 0 Å². The van der Waals surface area contributed by atoms with E-state index >= 15 is 0 Å². The Morgan fingerprint density at radius 3 is 2.36 bits per heavy atom. The van der Waals surface area contributed by atoms with Gasteiger partial charge in [0.2, 0.25) is 0 Å². The molecule has 1 saturated carbocycles. The molecule has 0 atom stereocenters. The zero-order valence-corrected chi connectivity index (χ0v) is 9.63. The van der Waals surface area contributed by atoms with E-state index in [1.165, 1.54) is 12.8 Å². The maximum absolute atomic E-state index is 6.32. The summed E-state index contributed by atoms with van der Waals surface area (Å²) in [7, 11) is 0. The minimum Gasteiger partial charge on any atom is -0.324 e. The second-order valence-electron chi connectivity index (χ2n) is 4.52. The van der Waals surface area contributed by atoms with Gasteiger partial charge in [0.1, 0.15) is 0 Å². The van der Waals surface area contributed by atoms with Crippen molar-refractivity contribution >= 4 is 0 Å². The van der Waals surface area contributed by atoms with E-state index in [9.17, 15) is 0 Å². The molecule has 0 heterocycles. The first-order valence-corrected chi connectivity index (χ1v) is 5.79. The summed E-state index contributed by atoms with van der Waals surface area (Å²) in [5.74, 6) is 0. The van der Waals surface area contributed by atoms with Crippen molar-refractivity contribution in [2.24, 2.45) is 5.73 Å². The van der Waals surface area contributed by atoms with Gasteiger partial charge in [-0.1, -0.05) is 19.9 Å². The van der Waals surface area contributed by atoms with Crippen LogP contribution in [0.4, 0.5) is 0 Å². The van der Waals surface area contributed by atoms with Gasteiger partial charge in [0.25, 0.3) is 0 Å². The average molecular weight is 196 g/mol. The second-order valence-corrected chi connectivity index (χ2v) is 4.52. The summed E-state index contributed by atoms with van der Waals surface area (Å²) in [6.45, 7) is 10.2. The van der Waals surface area contributed by atoms with Gasteiger partial charge in [-0.05, 0) is 25.7 Å². The fourth-order valence-electron chi connectivity index (χ4n) is 1.83. The van der Waals surface area contributed by atoms with Gasteiger partial charge >= 0.3 is 0 Å². The van der Waals surface area contributed by atoms with Crippen molar-refractivity contribution in [3.63, 3.8) is 0 Å². The largest absolute Gasteiger partial charge is 0.324 e. The third-order valence-electron chi connectivity index (χ3n) is 3.35. The molecule has 0 amide bonds. The zero-order chi connectivity index (χ0) is 10.6. The Labute approximate surface area is 88.2 Å². The summed E-state index contributed by atoms with van der Waals surface area (Å²) in [6, 6.07) is 0.786. The summed E-state index contributed by atoms with van der Waals surface area (Å²) >= 11 is 0. The van der Waals surface area contributed by atoms with E-state index in [0.29, 0.717) is 0 Å². The molecule has 2 nitrogen and oxygen atoms in total. The van der Waals surface area contributed by atoms with Crippen LogP contribution in [0.3, 0.4) is 0 Å². The lowest BCUT2D eigenvalue weighted by Crippen LogP contribution is -2.50. The highest BCUT2D eigenvalue weighted by Gasteiger charge is 2.32. The van der Waals surface area contributed by atoms with Gasteiger partial charge in [-0.3, -0.25) is 4.90 Å². The minimum absolute atomic E-state index is 0.00556. The molecular weight excluding hydrogens is 172 g/mol. The highest BCUT2D eigenvalue weighted by atomic mass is 15.2. The van der Waals surface area contributed by atoms with E-state index in [1.54, 1.807) is 0 Å². The molecule has 82 valence electrons. The molecule has 2 heteroatoms. The van der Waals surface area contributed by atoms with Gasteiger partial charge in [-0.25, -0.2) is 0 Å². The molecule has 0 aliphatic heterocycles. The standard InChI is InChI=1S/C12H24N2/c1-4-9-14(11-7-8-11)10-12(13,5-2)6-3/h4,11H,1,5-10,13H2,2-3H3.